The molecule has 4 nitrogen and oxygen atoms in total. The molecule has 1 heterocycles. The Labute approximate surface area is 148 Å². The van der Waals surface area contributed by atoms with Crippen LogP contribution >= 0.6 is 0 Å². The number of nitrogens with one attached hydrogen (secondary N) is 1. The van der Waals surface area contributed by atoms with Gasteiger partial charge in [0.1, 0.15) is 5.82 Å². The molecule has 1 N–H and O–H groups in total. The standard InChI is InChI=1S/C21H21N3O/c1-15-8-7-9-16(2)20(15)23-21(25)17-12-13-19(22-14-17)24(3)18-10-5-4-6-11-18/h4-14H,1-3H3,(H,23,25). The molecule has 4 heteroatoms. The van der Waals surface area contributed by atoms with E-state index in [4.69, 9.17) is 0 Å². The summed E-state index contributed by atoms with van der Waals surface area (Å²) in [5.41, 5.74) is 4.53. The summed E-state index contributed by atoms with van der Waals surface area (Å²) in [7, 11) is 1.95. The van der Waals surface area contributed by atoms with Gasteiger partial charge < -0.3 is 10.2 Å². The summed E-state index contributed by atoms with van der Waals surface area (Å²) in [6, 6.07) is 19.6. The van der Waals surface area contributed by atoms with E-state index in [1.165, 1.54) is 0 Å². The number of anilines is 3. The molecule has 0 saturated heterocycles. The Kier molecular flexibility index (Phi) is 4.80. The first-order valence-corrected chi connectivity index (χ1v) is 8.18. The van der Waals surface area contributed by atoms with E-state index >= 15 is 0 Å². The molecule has 0 aliphatic carbocycles. The van der Waals surface area contributed by atoms with Gasteiger partial charge >= 0.3 is 0 Å². The SMILES string of the molecule is Cc1cccc(C)c1NC(=O)c1ccc(N(C)c2ccccc2)nc1. The van der Waals surface area contributed by atoms with Crippen molar-refractivity contribution < 1.29 is 4.79 Å². The van der Waals surface area contributed by atoms with Crippen molar-refractivity contribution in [3.8, 4) is 0 Å². The molecular formula is C21H21N3O. The number of nitrogens with zero attached hydrogens (tertiary/aromatic N) is 2. The fourth-order valence-electron chi connectivity index (χ4n) is 2.70. The molecular weight excluding hydrogens is 310 g/mol. The lowest BCUT2D eigenvalue weighted by Gasteiger charge is -2.18. The van der Waals surface area contributed by atoms with Crippen LogP contribution in [0.2, 0.25) is 0 Å². The van der Waals surface area contributed by atoms with Gasteiger partial charge in [0, 0.05) is 24.6 Å². The van der Waals surface area contributed by atoms with Gasteiger partial charge in [-0.3, -0.25) is 4.79 Å². The van der Waals surface area contributed by atoms with E-state index in [2.05, 4.69) is 10.3 Å². The second-order valence-electron chi connectivity index (χ2n) is 6.02. The molecule has 1 aromatic heterocycles. The molecule has 126 valence electrons. The first kappa shape index (κ1) is 16.7. The van der Waals surface area contributed by atoms with Crippen LogP contribution in [-0.4, -0.2) is 17.9 Å². The third-order valence-corrected chi connectivity index (χ3v) is 4.22. The van der Waals surface area contributed by atoms with Crippen molar-refractivity contribution in [2.45, 2.75) is 13.8 Å². The third-order valence-electron chi connectivity index (χ3n) is 4.22. The lowest BCUT2D eigenvalue weighted by molar-refractivity contribution is 0.102. The molecule has 0 bridgehead atoms. The summed E-state index contributed by atoms with van der Waals surface area (Å²) < 4.78 is 0. The van der Waals surface area contributed by atoms with E-state index in [0.29, 0.717) is 5.56 Å². The number of amides is 1. The molecule has 25 heavy (non-hydrogen) atoms. The van der Waals surface area contributed by atoms with Crippen LogP contribution in [0.25, 0.3) is 0 Å². The molecule has 0 aliphatic rings. The number of hydrogen-bond donors (Lipinski definition) is 1. The number of aryl methyl sites for hydroxylation is 2. The van der Waals surface area contributed by atoms with Gasteiger partial charge in [-0.15, -0.1) is 0 Å². The number of rotatable bonds is 4. The minimum atomic E-state index is -0.154. The van der Waals surface area contributed by atoms with Crippen LogP contribution in [0.3, 0.4) is 0 Å². The van der Waals surface area contributed by atoms with Gasteiger partial charge in [0.2, 0.25) is 0 Å². The molecule has 3 rings (SSSR count). The molecule has 2 aromatic carbocycles. The molecule has 0 fully saturated rings. The van der Waals surface area contributed by atoms with Crippen LogP contribution in [0.15, 0.2) is 66.9 Å². The zero-order valence-corrected chi connectivity index (χ0v) is 14.7. The smallest absolute Gasteiger partial charge is 0.257 e. The number of hydrogen-bond acceptors (Lipinski definition) is 3. The zero-order valence-electron chi connectivity index (χ0n) is 14.7. The lowest BCUT2D eigenvalue weighted by atomic mass is 10.1. The average Bonchev–Trinajstić information content (AvgIpc) is 2.65. The van der Waals surface area contributed by atoms with Crippen molar-refractivity contribution in [2.24, 2.45) is 0 Å². The number of benzene rings is 2. The summed E-state index contributed by atoms with van der Waals surface area (Å²) in [6.45, 7) is 3.97. The molecule has 3 aromatic rings. The maximum Gasteiger partial charge on any atom is 0.257 e. The number of carbonyl (C=O) groups is 1. The normalized spacial score (nSPS) is 10.4. The van der Waals surface area contributed by atoms with Crippen molar-refractivity contribution in [1.82, 2.24) is 4.98 Å². The lowest BCUT2D eigenvalue weighted by Crippen LogP contribution is -2.15. The summed E-state index contributed by atoms with van der Waals surface area (Å²) in [6.07, 6.45) is 1.61. The van der Waals surface area contributed by atoms with Gasteiger partial charge in [-0.05, 0) is 49.2 Å². The fraction of sp³-hybridized carbons (Fsp3) is 0.143. The van der Waals surface area contributed by atoms with E-state index < -0.39 is 0 Å². The molecule has 0 atom stereocenters. The van der Waals surface area contributed by atoms with Gasteiger partial charge in [0.15, 0.2) is 0 Å². The second-order valence-corrected chi connectivity index (χ2v) is 6.02. The molecule has 0 spiro atoms. The van der Waals surface area contributed by atoms with Crippen molar-refractivity contribution in [1.29, 1.82) is 0 Å². The maximum atomic E-state index is 12.5. The van der Waals surface area contributed by atoms with Gasteiger partial charge in [-0.1, -0.05) is 36.4 Å². The first-order valence-electron chi connectivity index (χ1n) is 8.18. The van der Waals surface area contributed by atoms with Gasteiger partial charge in [0.05, 0.1) is 5.56 Å². The van der Waals surface area contributed by atoms with Gasteiger partial charge in [-0.2, -0.15) is 0 Å². The highest BCUT2D eigenvalue weighted by Gasteiger charge is 2.11. The highest BCUT2D eigenvalue weighted by molar-refractivity contribution is 6.05. The Morgan fingerprint density at radius 1 is 0.920 bits per heavy atom. The Morgan fingerprint density at radius 3 is 2.20 bits per heavy atom. The highest BCUT2D eigenvalue weighted by Crippen LogP contribution is 2.22. The van der Waals surface area contributed by atoms with Gasteiger partial charge in [0.25, 0.3) is 5.91 Å². The van der Waals surface area contributed by atoms with Crippen LogP contribution in [0.1, 0.15) is 21.5 Å². The van der Waals surface area contributed by atoms with E-state index in [0.717, 1.165) is 28.3 Å². The monoisotopic (exact) mass is 331 g/mol. The summed E-state index contributed by atoms with van der Waals surface area (Å²) >= 11 is 0. The van der Waals surface area contributed by atoms with Crippen LogP contribution in [0.4, 0.5) is 17.2 Å². The van der Waals surface area contributed by atoms with Crippen molar-refractivity contribution >= 4 is 23.1 Å². The zero-order chi connectivity index (χ0) is 17.8. The van der Waals surface area contributed by atoms with Crippen LogP contribution in [0, 0.1) is 13.8 Å². The van der Waals surface area contributed by atoms with E-state index in [1.807, 2.05) is 80.4 Å². The topological polar surface area (TPSA) is 45.2 Å². The van der Waals surface area contributed by atoms with Crippen molar-refractivity contribution in [2.75, 3.05) is 17.3 Å². The second kappa shape index (κ2) is 7.18. The first-order chi connectivity index (χ1) is 12.1. The third kappa shape index (κ3) is 3.69. The number of carbonyl (C=O) groups excluding carboxylic acids is 1. The summed E-state index contributed by atoms with van der Waals surface area (Å²) in [5.74, 6) is 0.633. The number of para-hydroxylation sites is 2. The van der Waals surface area contributed by atoms with E-state index in [-0.39, 0.29) is 5.91 Å². The Hall–Kier alpha value is -3.14. The number of aromatic nitrogens is 1. The molecule has 0 saturated carbocycles. The Morgan fingerprint density at radius 2 is 1.60 bits per heavy atom. The van der Waals surface area contributed by atoms with Crippen molar-refractivity contribution in [3.05, 3.63) is 83.6 Å². The van der Waals surface area contributed by atoms with Gasteiger partial charge in [-0.25, -0.2) is 4.98 Å². The molecule has 1 amide bonds. The average molecular weight is 331 g/mol. The van der Waals surface area contributed by atoms with Crippen LogP contribution in [-0.2, 0) is 0 Å². The quantitative estimate of drug-likeness (QED) is 0.752. The number of pyridine rings is 1. The molecule has 0 unspecified atom stereocenters. The highest BCUT2D eigenvalue weighted by atomic mass is 16.1. The molecule has 0 radical (unpaired) electrons. The minimum absolute atomic E-state index is 0.154. The Bertz CT molecular complexity index is 853. The van der Waals surface area contributed by atoms with E-state index in [1.54, 1.807) is 12.3 Å². The maximum absolute atomic E-state index is 12.5. The fourth-order valence-corrected chi connectivity index (χ4v) is 2.70. The largest absolute Gasteiger partial charge is 0.329 e. The van der Waals surface area contributed by atoms with Crippen LogP contribution < -0.4 is 10.2 Å². The Balaban J connectivity index is 1.77. The van der Waals surface area contributed by atoms with Crippen molar-refractivity contribution in [3.63, 3.8) is 0 Å². The van der Waals surface area contributed by atoms with E-state index in [9.17, 15) is 4.79 Å². The van der Waals surface area contributed by atoms with Crippen LogP contribution in [0.5, 0.6) is 0 Å². The predicted molar refractivity (Wildman–Crippen MR) is 103 cm³/mol. The minimum Gasteiger partial charge on any atom is -0.329 e. The molecule has 0 aliphatic heterocycles. The predicted octanol–water partition coefficient (Wildman–Crippen LogP) is 4.72. The summed E-state index contributed by atoms with van der Waals surface area (Å²) in [5, 5.41) is 2.98. The summed E-state index contributed by atoms with van der Waals surface area (Å²) in [4.78, 5) is 18.9.